The molecule has 0 radical (unpaired) electrons. The summed E-state index contributed by atoms with van der Waals surface area (Å²) in [5.41, 5.74) is 7.18. The second-order valence-electron chi connectivity index (χ2n) is 4.44. The van der Waals surface area contributed by atoms with Crippen molar-refractivity contribution in [3.63, 3.8) is 0 Å². The Kier molecular flexibility index (Phi) is 4.96. The van der Waals surface area contributed by atoms with Crippen molar-refractivity contribution in [2.24, 2.45) is 0 Å². The minimum atomic E-state index is -0.188. The quantitative estimate of drug-likeness (QED) is 0.832. The lowest BCUT2D eigenvalue weighted by Crippen LogP contribution is -2.25. The van der Waals surface area contributed by atoms with E-state index in [9.17, 15) is 4.79 Å². The molecule has 1 amide bonds. The predicted molar refractivity (Wildman–Crippen MR) is 80.8 cm³/mol. The van der Waals surface area contributed by atoms with Crippen LogP contribution < -0.4 is 11.1 Å². The van der Waals surface area contributed by atoms with Crippen LogP contribution in [0.5, 0.6) is 0 Å². The molecule has 0 aliphatic heterocycles. The number of anilines is 1. The van der Waals surface area contributed by atoms with Gasteiger partial charge >= 0.3 is 0 Å². The first-order valence-electron chi connectivity index (χ1n) is 6.40. The summed E-state index contributed by atoms with van der Waals surface area (Å²) in [5.74, 6) is 0.0414. The van der Waals surface area contributed by atoms with Crippen LogP contribution >= 0.6 is 11.6 Å². The van der Waals surface area contributed by atoms with Crippen molar-refractivity contribution in [3.8, 4) is 0 Å². The number of aromatic nitrogens is 1. The number of rotatable bonds is 5. The molecule has 0 unspecified atom stereocenters. The third-order valence-corrected chi connectivity index (χ3v) is 3.21. The molecule has 4 nitrogen and oxygen atoms in total. The smallest absolute Gasteiger partial charge is 0.252 e. The highest BCUT2D eigenvalue weighted by Crippen LogP contribution is 2.16. The van der Waals surface area contributed by atoms with Gasteiger partial charge in [-0.2, -0.15) is 0 Å². The van der Waals surface area contributed by atoms with E-state index in [1.165, 1.54) is 17.8 Å². The van der Waals surface area contributed by atoms with Crippen LogP contribution in [-0.4, -0.2) is 17.4 Å². The maximum atomic E-state index is 11.9. The van der Waals surface area contributed by atoms with Crippen molar-refractivity contribution < 1.29 is 4.79 Å². The first-order valence-corrected chi connectivity index (χ1v) is 6.78. The van der Waals surface area contributed by atoms with Crippen LogP contribution in [0.3, 0.4) is 0 Å². The maximum absolute atomic E-state index is 11.9. The largest absolute Gasteiger partial charge is 0.382 e. The molecular formula is C15H16ClN3O. The second-order valence-corrected chi connectivity index (χ2v) is 4.84. The van der Waals surface area contributed by atoms with Crippen molar-refractivity contribution in [2.75, 3.05) is 12.3 Å². The van der Waals surface area contributed by atoms with Gasteiger partial charge in [0, 0.05) is 12.7 Å². The number of nitrogens with one attached hydrogen (secondary N) is 1. The number of benzene rings is 1. The summed E-state index contributed by atoms with van der Waals surface area (Å²) in [7, 11) is 0. The van der Waals surface area contributed by atoms with Crippen molar-refractivity contribution in [3.05, 3.63) is 58.7 Å². The zero-order valence-corrected chi connectivity index (χ0v) is 11.7. The summed E-state index contributed by atoms with van der Waals surface area (Å²) < 4.78 is 0. The highest BCUT2D eigenvalue weighted by atomic mass is 35.5. The lowest BCUT2D eigenvalue weighted by atomic mass is 10.1. The molecule has 0 bridgehead atoms. The first-order chi connectivity index (χ1) is 9.66. The van der Waals surface area contributed by atoms with E-state index >= 15 is 0 Å². The lowest BCUT2D eigenvalue weighted by Gasteiger charge is -2.06. The fourth-order valence-electron chi connectivity index (χ4n) is 1.81. The van der Waals surface area contributed by atoms with Gasteiger partial charge in [-0.15, -0.1) is 0 Å². The normalized spacial score (nSPS) is 10.2. The average Bonchev–Trinajstić information content (AvgIpc) is 2.47. The van der Waals surface area contributed by atoms with Crippen LogP contribution in [-0.2, 0) is 6.42 Å². The van der Waals surface area contributed by atoms with Crippen molar-refractivity contribution in [1.29, 1.82) is 0 Å². The number of pyridine rings is 1. The van der Waals surface area contributed by atoms with Crippen LogP contribution in [0.4, 0.5) is 5.82 Å². The number of nitrogen functional groups attached to an aromatic ring is 1. The van der Waals surface area contributed by atoms with Gasteiger partial charge in [-0.05, 0) is 24.5 Å². The van der Waals surface area contributed by atoms with E-state index in [0.29, 0.717) is 17.1 Å². The van der Waals surface area contributed by atoms with Gasteiger partial charge in [-0.3, -0.25) is 4.79 Å². The minimum absolute atomic E-state index is 0.188. The average molecular weight is 290 g/mol. The number of carbonyl (C=O) groups excluding carboxylic acids is 1. The van der Waals surface area contributed by atoms with E-state index in [1.54, 1.807) is 0 Å². The zero-order valence-electron chi connectivity index (χ0n) is 11.0. The number of aryl methyl sites for hydroxylation is 1. The number of halogens is 1. The van der Waals surface area contributed by atoms with Crippen LogP contribution in [0, 0.1) is 0 Å². The molecule has 3 N–H and O–H groups in total. The van der Waals surface area contributed by atoms with E-state index < -0.39 is 0 Å². The van der Waals surface area contributed by atoms with E-state index in [0.717, 1.165) is 12.8 Å². The molecule has 2 aromatic rings. The standard InChI is InChI=1S/C15H16ClN3O/c16-13-9-12(10-19-14(13)17)15(20)18-8-4-7-11-5-2-1-3-6-11/h1-3,5-6,9-10H,4,7-8H2,(H2,17,19)(H,18,20). The summed E-state index contributed by atoms with van der Waals surface area (Å²) >= 11 is 5.83. The summed E-state index contributed by atoms with van der Waals surface area (Å²) in [6, 6.07) is 11.7. The fourth-order valence-corrected chi connectivity index (χ4v) is 1.98. The Labute approximate surface area is 123 Å². The SMILES string of the molecule is Nc1ncc(C(=O)NCCCc2ccccc2)cc1Cl. The van der Waals surface area contributed by atoms with E-state index in [2.05, 4.69) is 22.4 Å². The molecule has 104 valence electrons. The van der Waals surface area contributed by atoms with Crippen molar-refractivity contribution in [2.45, 2.75) is 12.8 Å². The third kappa shape index (κ3) is 3.96. The van der Waals surface area contributed by atoms with Gasteiger partial charge in [0.1, 0.15) is 5.82 Å². The summed E-state index contributed by atoms with van der Waals surface area (Å²) in [6.07, 6.45) is 3.24. The topological polar surface area (TPSA) is 68.0 Å². The molecule has 5 heteroatoms. The molecule has 20 heavy (non-hydrogen) atoms. The maximum Gasteiger partial charge on any atom is 0.252 e. The molecule has 0 spiro atoms. The van der Waals surface area contributed by atoms with Crippen LogP contribution in [0.25, 0.3) is 0 Å². The van der Waals surface area contributed by atoms with Crippen LogP contribution in [0.15, 0.2) is 42.6 Å². The van der Waals surface area contributed by atoms with Crippen LogP contribution in [0.1, 0.15) is 22.3 Å². The Morgan fingerprint density at radius 3 is 2.75 bits per heavy atom. The predicted octanol–water partition coefficient (Wildman–Crippen LogP) is 2.68. The van der Waals surface area contributed by atoms with Gasteiger partial charge in [0.15, 0.2) is 0 Å². The molecule has 0 saturated carbocycles. The molecule has 1 aromatic carbocycles. The molecule has 0 saturated heterocycles. The summed E-state index contributed by atoms with van der Waals surface area (Å²) in [6.45, 7) is 0.607. The Bertz CT molecular complexity index is 587. The summed E-state index contributed by atoms with van der Waals surface area (Å²) in [4.78, 5) is 15.7. The zero-order chi connectivity index (χ0) is 14.4. The number of nitrogens with two attached hydrogens (primary N) is 1. The number of hydrogen-bond donors (Lipinski definition) is 2. The van der Waals surface area contributed by atoms with Crippen molar-refractivity contribution in [1.82, 2.24) is 10.3 Å². The van der Waals surface area contributed by atoms with Gasteiger partial charge in [0.05, 0.1) is 10.6 Å². The molecular weight excluding hydrogens is 274 g/mol. The van der Waals surface area contributed by atoms with E-state index in [1.807, 2.05) is 18.2 Å². The number of hydrogen-bond acceptors (Lipinski definition) is 3. The van der Waals surface area contributed by atoms with Crippen LogP contribution in [0.2, 0.25) is 5.02 Å². The Morgan fingerprint density at radius 1 is 1.30 bits per heavy atom. The van der Waals surface area contributed by atoms with Gasteiger partial charge < -0.3 is 11.1 Å². The Hall–Kier alpha value is -2.07. The molecule has 0 fully saturated rings. The molecule has 1 aromatic heterocycles. The van der Waals surface area contributed by atoms with Gasteiger partial charge in [0.2, 0.25) is 0 Å². The number of carbonyl (C=O) groups is 1. The second kappa shape index (κ2) is 6.91. The molecule has 0 atom stereocenters. The lowest BCUT2D eigenvalue weighted by molar-refractivity contribution is 0.0953. The monoisotopic (exact) mass is 289 g/mol. The summed E-state index contributed by atoms with van der Waals surface area (Å²) in [5, 5.41) is 3.13. The highest BCUT2D eigenvalue weighted by Gasteiger charge is 2.07. The minimum Gasteiger partial charge on any atom is -0.382 e. The van der Waals surface area contributed by atoms with Crippen molar-refractivity contribution >= 4 is 23.3 Å². The first kappa shape index (κ1) is 14.3. The van der Waals surface area contributed by atoms with Gasteiger partial charge in [-0.25, -0.2) is 4.98 Å². The number of amides is 1. The Balaban J connectivity index is 1.79. The number of nitrogens with zero attached hydrogens (tertiary/aromatic N) is 1. The highest BCUT2D eigenvalue weighted by molar-refractivity contribution is 6.33. The Morgan fingerprint density at radius 2 is 2.05 bits per heavy atom. The fraction of sp³-hybridized carbons (Fsp3) is 0.200. The molecule has 0 aliphatic rings. The third-order valence-electron chi connectivity index (χ3n) is 2.90. The molecule has 0 aliphatic carbocycles. The molecule has 1 heterocycles. The van der Waals surface area contributed by atoms with Gasteiger partial charge in [-0.1, -0.05) is 41.9 Å². The van der Waals surface area contributed by atoms with Gasteiger partial charge in [0.25, 0.3) is 5.91 Å². The van der Waals surface area contributed by atoms with E-state index in [4.69, 9.17) is 17.3 Å². The molecule has 2 rings (SSSR count). The van der Waals surface area contributed by atoms with E-state index in [-0.39, 0.29) is 11.7 Å².